The molecule has 3 rings (SSSR count). The van der Waals surface area contributed by atoms with Gasteiger partial charge in [0, 0.05) is 44.2 Å². The van der Waals surface area contributed by atoms with Gasteiger partial charge in [-0.1, -0.05) is 41.9 Å². The Bertz CT molecular complexity index is 1020. The average Bonchev–Trinajstić information content (AvgIpc) is 3.17. The molecule has 7 nitrogen and oxygen atoms in total. The average molecular weight is 428 g/mol. The minimum absolute atomic E-state index is 0.0521. The number of nitro benzene ring substituents is 1. The van der Waals surface area contributed by atoms with Crippen LogP contribution >= 0.6 is 11.6 Å². The van der Waals surface area contributed by atoms with E-state index in [1.54, 1.807) is 12.0 Å². The Hall–Kier alpha value is -3.16. The number of halogens is 1. The van der Waals surface area contributed by atoms with Crippen LogP contribution in [0.5, 0.6) is 0 Å². The summed E-state index contributed by atoms with van der Waals surface area (Å²) < 4.78 is 7.24. The molecule has 8 heteroatoms. The lowest BCUT2D eigenvalue weighted by Crippen LogP contribution is -2.34. The van der Waals surface area contributed by atoms with E-state index in [0.717, 1.165) is 11.3 Å². The van der Waals surface area contributed by atoms with Gasteiger partial charge in [-0.25, -0.2) is 0 Å². The zero-order chi connectivity index (χ0) is 21.5. The molecule has 0 radical (unpaired) electrons. The fourth-order valence-corrected chi connectivity index (χ4v) is 3.39. The van der Waals surface area contributed by atoms with E-state index in [2.05, 4.69) is 4.57 Å². The summed E-state index contributed by atoms with van der Waals surface area (Å²) in [6.07, 6.45) is 1.97. The molecular formula is C22H22ClN3O4. The summed E-state index contributed by atoms with van der Waals surface area (Å²) in [4.78, 5) is 25.2. The summed E-state index contributed by atoms with van der Waals surface area (Å²) in [6, 6.07) is 17.8. The second-order valence-electron chi connectivity index (χ2n) is 6.75. The van der Waals surface area contributed by atoms with Gasteiger partial charge >= 0.3 is 0 Å². The molecule has 0 bridgehead atoms. The molecule has 0 N–H and O–H groups in total. The number of carbonyl (C=O) groups is 1. The quantitative estimate of drug-likeness (QED) is 0.375. The summed E-state index contributed by atoms with van der Waals surface area (Å²) >= 11 is 6.18. The number of aromatic nitrogens is 1. The Morgan fingerprint density at radius 1 is 1.17 bits per heavy atom. The van der Waals surface area contributed by atoms with Crippen LogP contribution < -0.4 is 0 Å². The van der Waals surface area contributed by atoms with Crippen molar-refractivity contribution in [3.63, 3.8) is 0 Å². The molecule has 0 saturated carbocycles. The maximum atomic E-state index is 13.2. The van der Waals surface area contributed by atoms with Crippen LogP contribution in [0.4, 0.5) is 5.69 Å². The Balaban J connectivity index is 1.83. The van der Waals surface area contributed by atoms with Crippen molar-refractivity contribution < 1.29 is 14.5 Å². The molecule has 156 valence electrons. The van der Waals surface area contributed by atoms with Crippen LogP contribution in [0.3, 0.4) is 0 Å². The fourth-order valence-electron chi connectivity index (χ4n) is 3.14. The summed E-state index contributed by atoms with van der Waals surface area (Å²) in [6.45, 7) is 1.76. The highest BCUT2D eigenvalue weighted by atomic mass is 35.5. The van der Waals surface area contributed by atoms with Crippen molar-refractivity contribution >= 4 is 23.2 Å². The van der Waals surface area contributed by atoms with E-state index in [4.69, 9.17) is 16.3 Å². The molecule has 1 heterocycles. The number of benzene rings is 2. The van der Waals surface area contributed by atoms with E-state index in [1.807, 2.05) is 48.7 Å². The zero-order valence-corrected chi connectivity index (χ0v) is 17.3. The van der Waals surface area contributed by atoms with Gasteiger partial charge in [-0.3, -0.25) is 14.9 Å². The normalized spacial score (nSPS) is 10.7. The molecule has 1 aromatic heterocycles. The minimum atomic E-state index is -0.542. The molecule has 0 aliphatic rings. The summed E-state index contributed by atoms with van der Waals surface area (Å²) in [5.41, 5.74) is 2.18. The SMILES string of the molecule is COCCN(Cc1cccn1Cc1ccccc1)C(=O)c1ccc([N+](=O)[O-])cc1Cl. The highest BCUT2D eigenvalue weighted by Crippen LogP contribution is 2.24. The lowest BCUT2D eigenvalue weighted by atomic mass is 10.1. The molecule has 0 atom stereocenters. The van der Waals surface area contributed by atoms with E-state index in [0.29, 0.717) is 26.2 Å². The number of amides is 1. The number of nitrogens with zero attached hydrogens (tertiary/aromatic N) is 3. The first kappa shape index (κ1) is 21.5. The summed E-state index contributed by atoms with van der Waals surface area (Å²) in [7, 11) is 1.57. The highest BCUT2D eigenvalue weighted by molar-refractivity contribution is 6.34. The maximum Gasteiger partial charge on any atom is 0.270 e. The van der Waals surface area contributed by atoms with Crippen molar-refractivity contribution in [1.82, 2.24) is 9.47 Å². The Morgan fingerprint density at radius 2 is 1.93 bits per heavy atom. The molecule has 0 fully saturated rings. The number of hydrogen-bond donors (Lipinski definition) is 0. The Morgan fingerprint density at radius 3 is 2.60 bits per heavy atom. The molecular weight excluding hydrogens is 406 g/mol. The summed E-state index contributed by atoms with van der Waals surface area (Å²) in [5, 5.41) is 11.0. The minimum Gasteiger partial charge on any atom is -0.383 e. The van der Waals surface area contributed by atoms with Crippen LogP contribution in [0.15, 0.2) is 66.9 Å². The third-order valence-electron chi connectivity index (χ3n) is 4.72. The monoisotopic (exact) mass is 427 g/mol. The van der Waals surface area contributed by atoms with E-state index >= 15 is 0 Å². The topological polar surface area (TPSA) is 77.6 Å². The zero-order valence-electron chi connectivity index (χ0n) is 16.5. The van der Waals surface area contributed by atoms with Crippen molar-refractivity contribution in [2.24, 2.45) is 0 Å². The van der Waals surface area contributed by atoms with Gasteiger partial charge in [-0.2, -0.15) is 0 Å². The largest absolute Gasteiger partial charge is 0.383 e. The fraction of sp³-hybridized carbons (Fsp3) is 0.227. The van der Waals surface area contributed by atoms with Gasteiger partial charge in [-0.05, 0) is 23.8 Å². The number of rotatable bonds is 9. The van der Waals surface area contributed by atoms with Gasteiger partial charge in [-0.15, -0.1) is 0 Å². The maximum absolute atomic E-state index is 13.2. The van der Waals surface area contributed by atoms with Gasteiger partial charge in [0.1, 0.15) is 0 Å². The number of ether oxygens (including phenoxy) is 1. The number of nitro groups is 1. The standard InChI is InChI=1S/C22H22ClN3O4/c1-30-13-12-25(22(27)20-10-9-18(26(28)29)14-21(20)23)16-19-8-5-11-24(19)15-17-6-3-2-4-7-17/h2-11,14H,12-13,15-16H2,1H3. The molecule has 3 aromatic rings. The van der Waals surface area contributed by atoms with Crippen LogP contribution in [0, 0.1) is 10.1 Å². The van der Waals surface area contributed by atoms with Gasteiger partial charge in [0.05, 0.1) is 28.7 Å². The van der Waals surface area contributed by atoms with Crippen molar-refractivity contribution in [3.05, 3.63) is 98.8 Å². The lowest BCUT2D eigenvalue weighted by Gasteiger charge is -2.24. The lowest BCUT2D eigenvalue weighted by molar-refractivity contribution is -0.384. The first-order valence-electron chi connectivity index (χ1n) is 9.39. The Labute approximate surface area is 179 Å². The third-order valence-corrected chi connectivity index (χ3v) is 5.03. The van der Waals surface area contributed by atoms with Crippen LogP contribution in [-0.2, 0) is 17.8 Å². The first-order valence-corrected chi connectivity index (χ1v) is 9.77. The van der Waals surface area contributed by atoms with Crippen LogP contribution in [0.2, 0.25) is 5.02 Å². The summed E-state index contributed by atoms with van der Waals surface area (Å²) in [5.74, 6) is -0.306. The molecule has 30 heavy (non-hydrogen) atoms. The predicted molar refractivity (Wildman–Crippen MR) is 115 cm³/mol. The number of non-ortho nitro benzene ring substituents is 1. The number of hydrogen-bond acceptors (Lipinski definition) is 4. The Kier molecular flexibility index (Phi) is 7.21. The number of methoxy groups -OCH3 is 1. The molecule has 0 aliphatic carbocycles. The van der Waals surface area contributed by atoms with Gasteiger partial charge in [0.25, 0.3) is 11.6 Å². The molecule has 2 aromatic carbocycles. The van der Waals surface area contributed by atoms with Gasteiger partial charge in [0.2, 0.25) is 0 Å². The second kappa shape index (κ2) is 10.0. The van der Waals surface area contributed by atoms with Gasteiger partial charge < -0.3 is 14.2 Å². The predicted octanol–water partition coefficient (Wildman–Crippen LogP) is 4.39. The highest BCUT2D eigenvalue weighted by Gasteiger charge is 2.21. The van der Waals surface area contributed by atoms with Crippen molar-refractivity contribution in [2.75, 3.05) is 20.3 Å². The molecule has 1 amide bonds. The van der Waals surface area contributed by atoms with E-state index in [-0.39, 0.29) is 22.2 Å². The third kappa shape index (κ3) is 5.25. The van der Waals surface area contributed by atoms with Gasteiger partial charge in [0.15, 0.2) is 0 Å². The molecule has 0 aliphatic heterocycles. The molecule has 0 spiro atoms. The first-order chi connectivity index (χ1) is 14.5. The van der Waals surface area contributed by atoms with Crippen molar-refractivity contribution in [3.8, 4) is 0 Å². The number of carbonyl (C=O) groups excluding carboxylic acids is 1. The van der Waals surface area contributed by atoms with Crippen molar-refractivity contribution in [2.45, 2.75) is 13.1 Å². The smallest absolute Gasteiger partial charge is 0.270 e. The van der Waals surface area contributed by atoms with E-state index < -0.39 is 4.92 Å². The van der Waals surface area contributed by atoms with E-state index in [1.165, 1.54) is 18.2 Å². The van der Waals surface area contributed by atoms with Crippen LogP contribution in [0.25, 0.3) is 0 Å². The van der Waals surface area contributed by atoms with E-state index in [9.17, 15) is 14.9 Å². The van der Waals surface area contributed by atoms with Crippen LogP contribution in [-0.4, -0.2) is 40.6 Å². The van der Waals surface area contributed by atoms with Crippen molar-refractivity contribution in [1.29, 1.82) is 0 Å². The molecule has 0 saturated heterocycles. The van der Waals surface area contributed by atoms with Crippen LogP contribution in [0.1, 0.15) is 21.6 Å². The molecule has 0 unspecified atom stereocenters. The second-order valence-corrected chi connectivity index (χ2v) is 7.16.